The zero-order valence-corrected chi connectivity index (χ0v) is 27.3. The van der Waals surface area contributed by atoms with Gasteiger partial charge in [0.05, 0.1) is 33.4 Å². The summed E-state index contributed by atoms with van der Waals surface area (Å²) in [6.07, 6.45) is -3.11. The Bertz CT molecular complexity index is 2020. The van der Waals surface area contributed by atoms with Crippen LogP contribution >= 0.6 is 11.6 Å². The molecule has 1 aromatic carbocycles. The number of aromatic nitrogens is 5. The first-order valence-corrected chi connectivity index (χ1v) is 15.3. The van der Waals surface area contributed by atoms with Gasteiger partial charge in [-0.15, -0.1) is 0 Å². The summed E-state index contributed by atoms with van der Waals surface area (Å²) in [4.78, 5) is 61.2. The summed E-state index contributed by atoms with van der Waals surface area (Å²) >= 11 is 6.09. The number of carbonyl (C=O) groups is 2. The molecule has 0 spiro atoms. The van der Waals surface area contributed by atoms with Gasteiger partial charge in [0.1, 0.15) is 18.6 Å². The van der Waals surface area contributed by atoms with Crippen LogP contribution in [0.3, 0.4) is 0 Å². The van der Waals surface area contributed by atoms with Crippen LogP contribution in [0.25, 0.3) is 16.7 Å². The highest BCUT2D eigenvalue weighted by Gasteiger charge is 2.32. The molecule has 0 bridgehead atoms. The van der Waals surface area contributed by atoms with Gasteiger partial charge in [0, 0.05) is 31.9 Å². The molecule has 0 saturated carbocycles. The zero-order valence-electron chi connectivity index (χ0n) is 26.6. The number of halogens is 4. The molecule has 2 N–H and O–H groups in total. The van der Waals surface area contributed by atoms with E-state index in [9.17, 15) is 32.7 Å². The summed E-state index contributed by atoms with van der Waals surface area (Å²) in [5, 5.41) is 12.6. The maximum atomic E-state index is 14.2. The molecule has 16 heteroatoms. The van der Waals surface area contributed by atoms with E-state index in [-0.39, 0.29) is 77.4 Å². The Balaban J connectivity index is 1.53. The fraction of sp³-hybridized carbons (Fsp3) is 0.344. The number of nitrogens with one attached hydrogen (secondary N) is 1. The van der Waals surface area contributed by atoms with Crippen molar-refractivity contribution in [3.8, 4) is 5.75 Å². The molecule has 1 saturated heterocycles. The monoisotopic (exact) mass is 684 g/mol. The lowest BCUT2D eigenvalue weighted by Gasteiger charge is -2.37. The molecule has 48 heavy (non-hydrogen) atoms. The first kappa shape index (κ1) is 34.3. The molecule has 0 aliphatic carbocycles. The first-order valence-electron chi connectivity index (χ1n) is 14.9. The molecule has 3 aromatic heterocycles. The van der Waals surface area contributed by atoms with Gasteiger partial charge in [-0.3, -0.25) is 14.4 Å². The molecule has 4 aromatic rings. The number of rotatable bonds is 7. The van der Waals surface area contributed by atoms with E-state index in [4.69, 9.17) is 11.6 Å². The van der Waals surface area contributed by atoms with Crippen LogP contribution in [0.1, 0.15) is 52.7 Å². The molecule has 1 aliphatic rings. The first-order chi connectivity index (χ1) is 22.6. The normalized spacial score (nSPS) is 13.6. The van der Waals surface area contributed by atoms with Crippen molar-refractivity contribution in [1.82, 2.24) is 29.4 Å². The van der Waals surface area contributed by atoms with Crippen molar-refractivity contribution in [2.75, 3.05) is 36.4 Å². The van der Waals surface area contributed by atoms with Gasteiger partial charge in [-0.25, -0.2) is 19.9 Å². The van der Waals surface area contributed by atoms with Gasteiger partial charge in [0.25, 0.3) is 5.91 Å². The van der Waals surface area contributed by atoms with Gasteiger partial charge in [0.2, 0.25) is 11.3 Å². The molecule has 1 aliphatic heterocycles. The van der Waals surface area contributed by atoms with E-state index >= 15 is 0 Å². The number of pyridine rings is 1. The van der Waals surface area contributed by atoms with Crippen LogP contribution in [-0.2, 0) is 23.9 Å². The fourth-order valence-electron chi connectivity index (χ4n) is 5.64. The molecule has 0 radical (unpaired) electrons. The van der Waals surface area contributed by atoms with Crippen molar-refractivity contribution >= 4 is 51.5 Å². The van der Waals surface area contributed by atoms with Gasteiger partial charge in [-0.1, -0.05) is 25.1 Å². The molecular weight excluding hydrogens is 653 g/mol. The third-order valence-electron chi connectivity index (χ3n) is 8.04. The lowest BCUT2D eigenvalue weighted by atomic mass is 10.1. The Labute approximate surface area is 277 Å². The van der Waals surface area contributed by atoms with Crippen molar-refractivity contribution in [1.29, 1.82) is 0 Å². The average molecular weight is 685 g/mol. The smallest absolute Gasteiger partial charge is 0.416 e. The van der Waals surface area contributed by atoms with Crippen LogP contribution in [0.4, 0.5) is 24.5 Å². The van der Waals surface area contributed by atoms with Crippen LogP contribution in [0.15, 0.2) is 35.9 Å². The Morgan fingerprint density at radius 2 is 1.75 bits per heavy atom. The van der Waals surface area contributed by atoms with E-state index in [0.29, 0.717) is 29.1 Å². The molecule has 0 unspecified atom stereocenters. The van der Waals surface area contributed by atoms with Crippen LogP contribution in [0, 0.1) is 13.8 Å². The highest BCUT2D eigenvalue weighted by molar-refractivity contribution is 6.33. The maximum absolute atomic E-state index is 14.2. The minimum absolute atomic E-state index is 0.00560. The van der Waals surface area contributed by atoms with E-state index in [0.717, 1.165) is 18.2 Å². The van der Waals surface area contributed by atoms with E-state index in [1.807, 2.05) is 11.8 Å². The van der Waals surface area contributed by atoms with Crippen LogP contribution in [0.2, 0.25) is 5.02 Å². The second-order valence-electron chi connectivity index (χ2n) is 11.4. The summed E-state index contributed by atoms with van der Waals surface area (Å²) in [5.74, 6) is -1.40. The van der Waals surface area contributed by atoms with Crippen LogP contribution in [-0.4, -0.2) is 72.5 Å². The molecule has 2 amide bonds. The predicted octanol–water partition coefficient (Wildman–Crippen LogP) is 4.77. The summed E-state index contributed by atoms with van der Waals surface area (Å²) in [6, 6.07) is 2.62. The minimum Gasteiger partial charge on any atom is -0.504 e. The number of aryl methyl sites for hydroxylation is 2. The number of allylic oxidation sites excluding steroid dienone is 1. The van der Waals surface area contributed by atoms with Crippen molar-refractivity contribution in [3.05, 3.63) is 80.4 Å². The van der Waals surface area contributed by atoms with E-state index in [1.54, 1.807) is 25.3 Å². The third kappa shape index (κ3) is 6.54. The van der Waals surface area contributed by atoms with E-state index < -0.39 is 29.0 Å². The van der Waals surface area contributed by atoms with Crippen molar-refractivity contribution in [2.45, 2.75) is 46.8 Å². The van der Waals surface area contributed by atoms with Gasteiger partial charge < -0.3 is 24.8 Å². The highest BCUT2D eigenvalue weighted by atomic mass is 35.5. The summed E-state index contributed by atoms with van der Waals surface area (Å²) in [7, 11) is 0. The van der Waals surface area contributed by atoms with Crippen molar-refractivity contribution < 1.29 is 27.9 Å². The molecule has 252 valence electrons. The number of carbonyl (C=O) groups excluding carboxylic acids is 2. The van der Waals surface area contributed by atoms with Crippen LogP contribution < -0.4 is 15.6 Å². The van der Waals surface area contributed by atoms with E-state index in [2.05, 4.69) is 31.8 Å². The number of aromatic hydroxyl groups is 1. The quantitative estimate of drug-likeness (QED) is 0.281. The van der Waals surface area contributed by atoms with Crippen molar-refractivity contribution in [3.63, 3.8) is 0 Å². The predicted molar refractivity (Wildman–Crippen MR) is 174 cm³/mol. The number of amides is 2. The van der Waals surface area contributed by atoms with Crippen LogP contribution in [0.5, 0.6) is 5.75 Å². The number of hydrogen-bond acceptors (Lipinski definition) is 9. The Kier molecular flexibility index (Phi) is 9.44. The zero-order chi connectivity index (χ0) is 35.1. The third-order valence-corrected chi connectivity index (χ3v) is 8.35. The SMILES string of the molecule is C=C(C)c1nc2c(=O)c(N3CCN(C(=O)c4ncnc(C)c4O)CC3)c(CC)n(CC(=O)Nc3ccc(C(F)(F)F)cc3Cl)c2nc1C. The molecule has 12 nitrogen and oxygen atoms in total. The number of alkyl halides is 3. The summed E-state index contributed by atoms with van der Waals surface area (Å²) < 4.78 is 41.0. The maximum Gasteiger partial charge on any atom is 0.416 e. The largest absolute Gasteiger partial charge is 0.504 e. The van der Waals surface area contributed by atoms with Gasteiger partial charge in [-0.2, -0.15) is 13.2 Å². The Morgan fingerprint density at radius 3 is 2.35 bits per heavy atom. The Morgan fingerprint density at radius 1 is 1.06 bits per heavy atom. The number of piperazine rings is 1. The molecule has 0 atom stereocenters. The summed E-state index contributed by atoms with van der Waals surface area (Å²) in [5.41, 5.74) is 1.17. The van der Waals surface area contributed by atoms with Crippen molar-refractivity contribution in [2.24, 2.45) is 0 Å². The number of hydrogen-bond donors (Lipinski definition) is 2. The highest BCUT2D eigenvalue weighted by Crippen LogP contribution is 2.34. The topological polar surface area (TPSA) is 146 Å². The summed E-state index contributed by atoms with van der Waals surface area (Å²) in [6.45, 7) is 11.3. The lowest BCUT2D eigenvalue weighted by Crippen LogP contribution is -2.50. The Hall–Kier alpha value is -5.05. The molecular formula is C32H32ClF3N8O4. The number of nitrogens with zero attached hydrogens (tertiary/aromatic N) is 7. The number of fused-ring (bicyclic) bond motifs is 1. The van der Waals surface area contributed by atoms with Gasteiger partial charge in [0.15, 0.2) is 22.6 Å². The lowest BCUT2D eigenvalue weighted by molar-refractivity contribution is -0.137. The fourth-order valence-corrected chi connectivity index (χ4v) is 5.87. The van der Waals surface area contributed by atoms with Gasteiger partial charge >= 0.3 is 6.18 Å². The van der Waals surface area contributed by atoms with E-state index in [1.165, 1.54) is 11.2 Å². The molecule has 5 rings (SSSR count). The second kappa shape index (κ2) is 13.2. The number of anilines is 2. The number of benzene rings is 1. The standard InChI is InChI=1S/C32H32ClF3N8O4/c1-6-22-27(42-9-11-43(12-10-42)31(48)26-28(46)18(5)37-15-38-26)29(47)25-30(39-17(4)24(41-25)16(2)3)44(22)14-23(45)40-21-8-7-19(13-20(21)33)32(34,35)36/h7-8,13,15,46H,2,6,9-12,14H2,1,3-5H3,(H,40,45). The van der Waals surface area contributed by atoms with Gasteiger partial charge in [-0.05, 0) is 51.0 Å². The average Bonchev–Trinajstić information content (AvgIpc) is 3.03. The second-order valence-corrected chi connectivity index (χ2v) is 11.8. The molecule has 4 heterocycles. The molecule has 1 fully saturated rings. The minimum atomic E-state index is -4.61.